The van der Waals surface area contributed by atoms with Crippen molar-refractivity contribution in [2.45, 2.75) is 20.4 Å². The van der Waals surface area contributed by atoms with Crippen molar-refractivity contribution in [2.75, 3.05) is 5.32 Å². The molecule has 3 aromatic rings. The van der Waals surface area contributed by atoms with Crippen LogP contribution in [0.3, 0.4) is 0 Å². The maximum atomic E-state index is 11.8. The van der Waals surface area contributed by atoms with Crippen LogP contribution in [0.1, 0.15) is 28.4 Å². The van der Waals surface area contributed by atoms with E-state index in [1.54, 1.807) is 31.2 Å². The molecule has 122 valence electrons. The van der Waals surface area contributed by atoms with Gasteiger partial charge >= 0.3 is 5.63 Å². The lowest BCUT2D eigenvalue weighted by Crippen LogP contribution is -2.06. The molecule has 0 saturated heterocycles. The van der Waals surface area contributed by atoms with E-state index >= 15 is 0 Å². The van der Waals surface area contributed by atoms with Crippen molar-refractivity contribution in [1.82, 2.24) is 0 Å². The van der Waals surface area contributed by atoms with Gasteiger partial charge in [0, 0.05) is 34.8 Å². The highest BCUT2D eigenvalue weighted by atomic mass is 16.4. The molecule has 1 aromatic heterocycles. The van der Waals surface area contributed by atoms with Crippen molar-refractivity contribution in [3.63, 3.8) is 0 Å². The number of phenols is 1. The zero-order valence-electron chi connectivity index (χ0n) is 13.4. The Kier molecular flexibility index (Phi) is 4.08. The number of hydrogen-bond acceptors (Lipinski definition) is 5. The summed E-state index contributed by atoms with van der Waals surface area (Å²) in [6.45, 7) is 3.65. The fourth-order valence-corrected chi connectivity index (χ4v) is 2.58. The first-order valence-corrected chi connectivity index (χ1v) is 7.56. The summed E-state index contributed by atoms with van der Waals surface area (Å²) in [5, 5.41) is 13.8. The molecule has 0 radical (unpaired) electrons. The number of nitrogens with one attached hydrogen (secondary N) is 1. The van der Waals surface area contributed by atoms with Gasteiger partial charge in [0.1, 0.15) is 11.3 Å². The van der Waals surface area contributed by atoms with Crippen LogP contribution < -0.4 is 10.9 Å². The van der Waals surface area contributed by atoms with E-state index in [0.717, 1.165) is 16.6 Å². The molecule has 2 N–H and O–H groups in total. The van der Waals surface area contributed by atoms with Gasteiger partial charge in [0.25, 0.3) is 0 Å². The second-order valence-corrected chi connectivity index (χ2v) is 5.66. The van der Waals surface area contributed by atoms with Gasteiger partial charge in [0.2, 0.25) is 0 Å². The topological polar surface area (TPSA) is 79.5 Å². The number of phenolic OH excluding ortho intramolecular Hbond substituents is 1. The molecule has 0 aliphatic heterocycles. The molecule has 0 bridgehead atoms. The highest BCUT2D eigenvalue weighted by Gasteiger charge is 2.10. The summed E-state index contributed by atoms with van der Waals surface area (Å²) in [6, 6.07) is 11.9. The van der Waals surface area contributed by atoms with Crippen molar-refractivity contribution >= 4 is 22.4 Å². The number of ketones is 1. The first-order chi connectivity index (χ1) is 11.5. The predicted octanol–water partition coefficient (Wildman–Crippen LogP) is 3.62. The second kappa shape index (κ2) is 6.20. The fraction of sp³-hybridized carbons (Fsp3) is 0.158. The van der Waals surface area contributed by atoms with E-state index in [4.69, 9.17) is 4.42 Å². The molecule has 0 amide bonds. The van der Waals surface area contributed by atoms with Gasteiger partial charge in [-0.25, -0.2) is 4.79 Å². The van der Waals surface area contributed by atoms with Crippen LogP contribution in [0.2, 0.25) is 0 Å². The van der Waals surface area contributed by atoms with Gasteiger partial charge in [0.05, 0.1) is 0 Å². The largest absolute Gasteiger partial charge is 0.508 e. The zero-order chi connectivity index (χ0) is 17.3. The summed E-state index contributed by atoms with van der Waals surface area (Å²) < 4.78 is 5.23. The van der Waals surface area contributed by atoms with Crippen LogP contribution >= 0.6 is 0 Å². The molecule has 5 nitrogen and oxygen atoms in total. The molecular weight excluding hydrogens is 306 g/mol. The number of carbonyl (C=O) groups excluding carboxylic acids is 1. The van der Waals surface area contributed by atoms with Gasteiger partial charge in [-0.15, -0.1) is 0 Å². The van der Waals surface area contributed by atoms with Crippen molar-refractivity contribution in [1.29, 1.82) is 0 Å². The molecule has 5 heteroatoms. The van der Waals surface area contributed by atoms with E-state index in [0.29, 0.717) is 23.3 Å². The lowest BCUT2D eigenvalue weighted by molar-refractivity contribution is 0.101. The number of benzene rings is 2. The molecular formula is C19H17NO4. The van der Waals surface area contributed by atoms with Crippen molar-refractivity contribution in [2.24, 2.45) is 0 Å². The molecule has 0 fully saturated rings. The first-order valence-electron chi connectivity index (χ1n) is 7.56. The minimum Gasteiger partial charge on any atom is -0.508 e. The predicted molar refractivity (Wildman–Crippen MR) is 92.7 cm³/mol. The number of fused-ring (bicyclic) bond motifs is 1. The fourth-order valence-electron chi connectivity index (χ4n) is 2.58. The summed E-state index contributed by atoms with van der Waals surface area (Å²) in [4.78, 5) is 23.1. The molecule has 0 unspecified atom stereocenters. The summed E-state index contributed by atoms with van der Waals surface area (Å²) in [7, 11) is 0. The summed E-state index contributed by atoms with van der Waals surface area (Å²) in [5.41, 5.74) is 2.75. The van der Waals surface area contributed by atoms with E-state index in [2.05, 4.69) is 5.32 Å². The van der Waals surface area contributed by atoms with Crippen LogP contribution in [-0.2, 0) is 6.54 Å². The Balaban J connectivity index is 1.91. The average molecular weight is 323 g/mol. The molecule has 0 saturated carbocycles. The van der Waals surface area contributed by atoms with Crippen LogP contribution in [0.25, 0.3) is 11.0 Å². The quantitative estimate of drug-likeness (QED) is 0.566. The monoisotopic (exact) mass is 323 g/mol. The Morgan fingerprint density at radius 2 is 1.88 bits per heavy atom. The van der Waals surface area contributed by atoms with Crippen LogP contribution in [0.15, 0.2) is 51.7 Å². The highest BCUT2D eigenvalue weighted by molar-refractivity contribution is 5.94. The van der Waals surface area contributed by atoms with Gasteiger partial charge in [-0.2, -0.15) is 0 Å². The van der Waals surface area contributed by atoms with Crippen molar-refractivity contribution in [3.05, 3.63) is 69.6 Å². The zero-order valence-corrected chi connectivity index (χ0v) is 13.4. The van der Waals surface area contributed by atoms with E-state index in [1.165, 1.54) is 13.0 Å². The van der Waals surface area contributed by atoms with Gasteiger partial charge in [-0.1, -0.05) is 0 Å². The van der Waals surface area contributed by atoms with Crippen LogP contribution in [0.5, 0.6) is 5.75 Å². The van der Waals surface area contributed by atoms with Crippen molar-refractivity contribution < 1.29 is 14.3 Å². The van der Waals surface area contributed by atoms with Crippen LogP contribution in [0, 0.1) is 6.92 Å². The van der Waals surface area contributed by atoms with E-state index in [9.17, 15) is 14.7 Å². The molecule has 0 atom stereocenters. The number of aryl methyl sites for hydroxylation is 1. The third-order valence-electron chi connectivity index (χ3n) is 3.99. The minimum absolute atomic E-state index is 0.0171. The summed E-state index contributed by atoms with van der Waals surface area (Å²) in [5.74, 6) is 0.110. The number of hydrogen-bond donors (Lipinski definition) is 2. The Morgan fingerprint density at radius 1 is 1.17 bits per heavy atom. The first kappa shape index (κ1) is 15.8. The Morgan fingerprint density at radius 3 is 2.54 bits per heavy atom. The van der Waals surface area contributed by atoms with Crippen LogP contribution in [0.4, 0.5) is 5.69 Å². The number of carbonyl (C=O) groups is 1. The number of Topliss-reactive ketones (excluding diaryl/α,β-unsaturated/α-hetero) is 1. The maximum Gasteiger partial charge on any atom is 0.336 e. The lowest BCUT2D eigenvalue weighted by atomic mass is 10.1. The standard InChI is InChI=1S/C19H17NO4/c1-11-17(22)8-7-16-14(9-18(23)24-19(11)16)10-20-15-5-3-13(4-6-15)12(2)21/h3-9,20,22H,10H2,1-2H3. The maximum absolute atomic E-state index is 11.8. The van der Waals surface area contributed by atoms with Gasteiger partial charge in [-0.3, -0.25) is 4.79 Å². The van der Waals surface area contributed by atoms with E-state index < -0.39 is 5.63 Å². The molecule has 3 rings (SSSR count). The third kappa shape index (κ3) is 3.01. The minimum atomic E-state index is -0.458. The number of aromatic hydroxyl groups is 1. The summed E-state index contributed by atoms with van der Waals surface area (Å²) >= 11 is 0. The molecule has 0 spiro atoms. The Hall–Kier alpha value is -3.08. The van der Waals surface area contributed by atoms with E-state index in [-0.39, 0.29) is 11.5 Å². The van der Waals surface area contributed by atoms with Gasteiger partial charge in [0.15, 0.2) is 5.78 Å². The smallest absolute Gasteiger partial charge is 0.336 e. The van der Waals surface area contributed by atoms with Gasteiger partial charge in [-0.05, 0) is 55.8 Å². The highest BCUT2D eigenvalue weighted by Crippen LogP contribution is 2.27. The SMILES string of the molecule is CC(=O)c1ccc(NCc2cc(=O)oc3c(C)c(O)ccc23)cc1. The Labute approximate surface area is 138 Å². The van der Waals surface area contributed by atoms with Gasteiger partial charge < -0.3 is 14.8 Å². The molecule has 1 heterocycles. The van der Waals surface area contributed by atoms with Crippen LogP contribution in [-0.4, -0.2) is 10.9 Å². The second-order valence-electron chi connectivity index (χ2n) is 5.66. The molecule has 0 aliphatic carbocycles. The molecule has 2 aromatic carbocycles. The van der Waals surface area contributed by atoms with E-state index in [1.807, 2.05) is 12.1 Å². The van der Waals surface area contributed by atoms with Crippen molar-refractivity contribution in [3.8, 4) is 5.75 Å². The lowest BCUT2D eigenvalue weighted by Gasteiger charge is -2.10. The molecule has 0 aliphatic rings. The molecule has 24 heavy (non-hydrogen) atoms. The number of rotatable bonds is 4. The third-order valence-corrected chi connectivity index (χ3v) is 3.99. The number of anilines is 1. The normalized spacial score (nSPS) is 10.8. The average Bonchev–Trinajstić information content (AvgIpc) is 2.56. The Bertz CT molecular complexity index is 971. The summed E-state index contributed by atoms with van der Waals surface area (Å²) in [6.07, 6.45) is 0.